The Labute approximate surface area is 140 Å². The average Bonchev–Trinajstić information content (AvgIpc) is 3.00. The molecule has 0 unspecified atom stereocenters. The van der Waals surface area contributed by atoms with Crippen molar-refractivity contribution in [2.75, 3.05) is 4.90 Å². The summed E-state index contributed by atoms with van der Waals surface area (Å²) >= 11 is 1.57. The van der Waals surface area contributed by atoms with Crippen LogP contribution in [0.5, 0.6) is 0 Å². The monoisotopic (exact) mass is 327 g/mol. The van der Waals surface area contributed by atoms with Gasteiger partial charge in [-0.05, 0) is 27.7 Å². The van der Waals surface area contributed by atoms with Gasteiger partial charge in [-0.1, -0.05) is 29.8 Å². The Morgan fingerprint density at radius 3 is 2.43 bits per heavy atom. The molecule has 0 N–H and O–H groups in total. The van der Waals surface area contributed by atoms with Crippen LogP contribution in [-0.4, -0.2) is 20.8 Å². The van der Waals surface area contributed by atoms with Gasteiger partial charge in [-0.25, -0.2) is 4.98 Å². The summed E-state index contributed by atoms with van der Waals surface area (Å²) in [5, 5.41) is 1.99. The first-order valence-electron chi connectivity index (χ1n) is 7.62. The van der Waals surface area contributed by atoms with Crippen molar-refractivity contribution in [3.63, 3.8) is 0 Å². The Morgan fingerprint density at radius 2 is 1.87 bits per heavy atom. The Kier molecular flexibility index (Phi) is 3.76. The van der Waals surface area contributed by atoms with Gasteiger partial charge in [0.25, 0.3) is 0 Å². The van der Waals surface area contributed by atoms with Gasteiger partial charge < -0.3 is 0 Å². The van der Waals surface area contributed by atoms with Crippen molar-refractivity contribution in [1.29, 1.82) is 0 Å². The largest absolute Gasteiger partial charge is 0.291 e. The van der Waals surface area contributed by atoms with Gasteiger partial charge in [-0.3, -0.25) is 14.1 Å². The zero-order valence-corrected chi connectivity index (χ0v) is 14.9. The van der Waals surface area contributed by atoms with Gasteiger partial charge in [0, 0.05) is 29.6 Å². The molecule has 0 saturated carbocycles. The molecule has 0 aliphatic heterocycles. The molecule has 0 bridgehead atoms. The van der Waals surface area contributed by atoms with Crippen molar-refractivity contribution in [2.24, 2.45) is 0 Å². The van der Waals surface area contributed by atoms with Gasteiger partial charge in [-0.2, -0.15) is 0 Å². The van der Waals surface area contributed by atoms with Crippen LogP contribution in [0, 0.1) is 6.92 Å². The summed E-state index contributed by atoms with van der Waals surface area (Å²) in [4.78, 5) is 19.9. The lowest BCUT2D eigenvalue weighted by molar-refractivity contribution is -0.117. The maximum absolute atomic E-state index is 12.4. The third-order valence-electron chi connectivity index (χ3n) is 3.76. The topological polar surface area (TPSA) is 37.6 Å². The number of hydrogen-bond donors (Lipinski definition) is 0. The highest BCUT2D eigenvalue weighted by Crippen LogP contribution is 2.36. The molecule has 0 fully saturated rings. The zero-order valence-electron chi connectivity index (χ0n) is 14.1. The summed E-state index contributed by atoms with van der Waals surface area (Å²) in [7, 11) is 0. The van der Waals surface area contributed by atoms with E-state index < -0.39 is 0 Å². The SMILES string of the molecule is CC(=O)N(c1c(-c2ccc(C)cc2)nc2sccn12)C(C)(C)C. The molecule has 1 aromatic carbocycles. The van der Waals surface area contributed by atoms with E-state index >= 15 is 0 Å². The van der Waals surface area contributed by atoms with Crippen molar-refractivity contribution in [1.82, 2.24) is 9.38 Å². The summed E-state index contributed by atoms with van der Waals surface area (Å²) in [6, 6.07) is 8.27. The zero-order chi connectivity index (χ0) is 16.8. The van der Waals surface area contributed by atoms with E-state index in [0.717, 1.165) is 22.0 Å². The summed E-state index contributed by atoms with van der Waals surface area (Å²) in [5.74, 6) is 0.851. The third-order valence-corrected chi connectivity index (χ3v) is 4.52. The van der Waals surface area contributed by atoms with Crippen molar-refractivity contribution in [2.45, 2.75) is 40.2 Å². The number of amides is 1. The van der Waals surface area contributed by atoms with E-state index in [0.29, 0.717) is 0 Å². The Hall–Kier alpha value is -2.14. The molecule has 3 aromatic rings. The van der Waals surface area contributed by atoms with Crippen molar-refractivity contribution < 1.29 is 4.79 Å². The molecule has 0 saturated heterocycles. The molecule has 0 radical (unpaired) electrons. The molecule has 3 rings (SSSR count). The van der Waals surface area contributed by atoms with Crippen LogP contribution in [0.25, 0.3) is 16.2 Å². The highest BCUT2D eigenvalue weighted by Gasteiger charge is 2.31. The summed E-state index contributed by atoms with van der Waals surface area (Å²) in [6.07, 6.45) is 1.97. The van der Waals surface area contributed by atoms with Crippen LogP contribution >= 0.6 is 11.3 Å². The maximum Gasteiger partial charge on any atom is 0.225 e. The van der Waals surface area contributed by atoms with Gasteiger partial charge in [-0.15, -0.1) is 11.3 Å². The van der Waals surface area contributed by atoms with Gasteiger partial charge >= 0.3 is 0 Å². The van der Waals surface area contributed by atoms with Crippen molar-refractivity contribution in [3.05, 3.63) is 41.4 Å². The molecule has 2 heterocycles. The van der Waals surface area contributed by atoms with E-state index in [2.05, 4.69) is 31.2 Å². The molecular formula is C18H21N3OS. The number of carbonyl (C=O) groups is 1. The van der Waals surface area contributed by atoms with Crippen molar-refractivity contribution in [3.8, 4) is 11.3 Å². The third kappa shape index (κ3) is 2.77. The number of fused-ring (bicyclic) bond motifs is 1. The normalized spacial score (nSPS) is 11.9. The number of aryl methyl sites for hydroxylation is 1. The minimum atomic E-state index is -0.330. The Morgan fingerprint density at radius 1 is 1.22 bits per heavy atom. The number of imidazole rings is 1. The fraction of sp³-hybridized carbons (Fsp3) is 0.333. The molecular weight excluding hydrogens is 306 g/mol. The summed E-state index contributed by atoms with van der Waals surface area (Å²) in [6.45, 7) is 9.79. The van der Waals surface area contributed by atoms with E-state index in [1.165, 1.54) is 5.56 Å². The number of nitrogens with zero attached hydrogens (tertiary/aromatic N) is 3. The second-order valence-electron chi connectivity index (χ2n) is 6.73. The number of carbonyl (C=O) groups excluding carboxylic acids is 1. The predicted molar refractivity (Wildman–Crippen MR) is 96.2 cm³/mol. The van der Waals surface area contributed by atoms with E-state index in [-0.39, 0.29) is 11.4 Å². The molecule has 23 heavy (non-hydrogen) atoms. The van der Waals surface area contributed by atoms with Gasteiger partial charge in [0.15, 0.2) is 4.96 Å². The molecule has 120 valence electrons. The fourth-order valence-corrected chi connectivity index (χ4v) is 3.54. The number of hydrogen-bond acceptors (Lipinski definition) is 3. The number of thiazole rings is 1. The highest BCUT2D eigenvalue weighted by atomic mass is 32.1. The van der Waals surface area contributed by atoms with Gasteiger partial charge in [0.05, 0.1) is 0 Å². The molecule has 0 atom stereocenters. The number of aromatic nitrogens is 2. The van der Waals surface area contributed by atoms with Crippen LogP contribution < -0.4 is 4.90 Å². The number of anilines is 1. The van der Waals surface area contributed by atoms with E-state index in [4.69, 9.17) is 4.98 Å². The van der Waals surface area contributed by atoms with Crippen LogP contribution in [0.2, 0.25) is 0 Å². The van der Waals surface area contributed by atoms with E-state index in [9.17, 15) is 4.79 Å². The minimum absolute atomic E-state index is 0.0128. The molecule has 0 spiro atoms. The molecule has 0 aliphatic rings. The average molecular weight is 327 g/mol. The van der Waals surface area contributed by atoms with E-state index in [1.807, 2.05) is 41.6 Å². The lowest BCUT2D eigenvalue weighted by atomic mass is 10.0. The van der Waals surface area contributed by atoms with E-state index in [1.54, 1.807) is 18.3 Å². The minimum Gasteiger partial charge on any atom is -0.291 e. The first-order chi connectivity index (χ1) is 10.8. The standard InChI is InChI=1S/C18H21N3OS/c1-12-6-8-14(9-7-12)15-16(20-10-11-23-17(20)19-15)21(13(2)22)18(3,4)5/h6-11H,1-5H3. The van der Waals surface area contributed by atoms with Gasteiger partial charge in [0.2, 0.25) is 5.91 Å². The molecule has 2 aromatic heterocycles. The molecule has 0 aliphatic carbocycles. The maximum atomic E-state index is 12.4. The lowest BCUT2D eigenvalue weighted by Gasteiger charge is -2.34. The molecule has 4 nitrogen and oxygen atoms in total. The van der Waals surface area contributed by atoms with Crippen LogP contribution in [0.4, 0.5) is 5.82 Å². The first-order valence-corrected chi connectivity index (χ1v) is 8.50. The smallest absolute Gasteiger partial charge is 0.225 e. The Balaban J connectivity index is 2.29. The van der Waals surface area contributed by atoms with Crippen LogP contribution in [0.15, 0.2) is 35.8 Å². The second kappa shape index (κ2) is 5.49. The molecule has 1 amide bonds. The Bertz CT molecular complexity index is 853. The first kappa shape index (κ1) is 15.7. The molecule has 5 heteroatoms. The second-order valence-corrected chi connectivity index (χ2v) is 7.60. The lowest BCUT2D eigenvalue weighted by Crippen LogP contribution is -2.45. The number of rotatable bonds is 2. The highest BCUT2D eigenvalue weighted by molar-refractivity contribution is 7.15. The number of benzene rings is 1. The van der Waals surface area contributed by atoms with Crippen LogP contribution in [0.1, 0.15) is 33.3 Å². The fourth-order valence-electron chi connectivity index (χ4n) is 2.83. The predicted octanol–water partition coefficient (Wildman–Crippen LogP) is 4.52. The van der Waals surface area contributed by atoms with Gasteiger partial charge in [0.1, 0.15) is 11.5 Å². The summed E-state index contributed by atoms with van der Waals surface area (Å²) < 4.78 is 2.01. The quantitative estimate of drug-likeness (QED) is 0.694. The summed E-state index contributed by atoms with van der Waals surface area (Å²) in [5.41, 5.74) is 2.75. The van der Waals surface area contributed by atoms with Crippen LogP contribution in [-0.2, 0) is 4.79 Å². The van der Waals surface area contributed by atoms with Crippen LogP contribution in [0.3, 0.4) is 0 Å². The van der Waals surface area contributed by atoms with Crippen molar-refractivity contribution >= 4 is 28.0 Å².